The minimum absolute atomic E-state index is 0.0365. The molecule has 0 bridgehead atoms. The largest absolute Gasteiger partial charge is 0.469 e. The highest BCUT2D eigenvalue weighted by Gasteiger charge is 2.23. The van der Waals surface area contributed by atoms with Crippen molar-refractivity contribution in [2.24, 2.45) is 0 Å². The quantitative estimate of drug-likeness (QED) is 0.555. The van der Waals surface area contributed by atoms with Gasteiger partial charge >= 0.3 is 5.97 Å². The zero-order valence-corrected chi connectivity index (χ0v) is 17.7. The maximum absolute atomic E-state index is 12.9. The molecule has 1 N–H and O–H groups in total. The number of benzene rings is 1. The number of aryl methyl sites for hydroxylation is 1. The van der Waals surface area contributed by atoms with Gasteiger partial charge < -0.3 is 10.1 Å². The molecule has 1 unspecified atom stereocenters. The molecule has 0 aliphatic rings. The Kier molecular flexibility index (Phi) is 6.53. The minimum Gasteiger partial charge on any atom is -0.469 e. The van der Waals surface area contributed by atoms with Gasteiger partial charge in [0.25, 0.3) is 5.91 Å². The van der Waals surface area contributed by atoms with Crippen molar-refractivity contribution in [3.05, 3.63) is 69.3 Å². The van der Waals surface area contributed by atoms with Crippen LogP contribution in [0, 0.1) is 6.92 Å². The van der Waals surface area contributed by atoms with E-state index in [0.717, 1.165) is 10.0 Å². The lowest BCUT2D eigenvalue weighted by Crippen LogP contribution is -2.30. The van der Waals surface area contributed by atoms with Crippen LogP contribution < -0.4 is 5.32 Å². The van der Waals surface area contributed by atoms with Gasteiger partial charge in [0.2, 0.25) is 0 Å². The molecule has 0 radical (unpaired) electrons. The summed E-state index contributed by atoms with van der Waals surface area (Å²) in [5.41, 5.74) is 2.15. The number of rotatable bonds is 6. The van der Waals surface area contributed by atoms with E-state index >= 15 is 0 Å². The third kappa shape index (κ3) is 4.82. The van der Waals surface area contributed by atoms with Crippen LogP contribution in [-0.4, -0.2) is 29.0 Å². The maximum atomic E-state index is 12.9. The predicted molar refractivity (Wildman–Crippen MR) is 111 cm³/mol. The lowest BCUT2D eigenvalue weighted by atomic mass is 10.0. The van der Waals surface area contributed by atoms with Gasteiger partial charge in [-0.05, 0) is 36.8 Å². The van der Waals surface area contributed by atoms with Crippen LogP contribution in [-0.2, 0) is 9.53 Å². The first kappa shape index (κ1) is 20.2. The molecule has 28 heavy (non-hydrogen) atoms. The van der Waals surface area contributed by atoms with Crippen LogP contribution in [0.25, 0.3) is 10.7 Å². The Hall–Kier alpha value is -2.58. The molecule has 8 heteroatoms. The number of nitrogens with one attached hydrogen (secondary N) is 1. The fraction of sp³-hybridized carbons (Fsp3) is 0.200. The number of esters is 1. The second-order valence-corrected chi connectivity index (χ2v) is 7.92. The number of amides is 1. The molecule has 0 spiro atoms. The number of ether oxygens (including phenoxy) is 1. The molecule has 0 aliphatic heterocycles. The van der Waals surface area contributed by atoms with E-state index < -0.39 is 12.0 Å². The van der Waals surface area contributed by atoms with Crippen molar-refractivity contribution in [2.45, 2.75) is 19.4 Å². The number of methoxy groups -OCH3 is 1. The van der Waals surface area contributed by atoms with E-state index in [1.54, 1.807) is 13.1 Å². The summed E-state index contributed by atoms with van der Waals surface area (Å²) in [6.07, 6.45) is 1.72. The van der Waals surface area contributed by atoms with Gasteiger partial charge in [-0.3, -0.25) is 14.6 Å². The van der Waals surface area contributed by atoms with Crippen LogP contribution >= 0.6 is 27.3 Å². The average Bonchev–Trinajstić information content (AvgIpc) is 3.10. The molecule has 2 aromatic heterocycles. The average molecular weight is 460 g/mol. The highest BCUT2D eigenvalue weighted by Crippen LogP contribution is 2.28. The van der Waals surface area contributed by atoms with Crippen LogP contribution in [0.5, 0.6) is 0 Å². The number of pyridine rings is 1. The molecule has 1 atom stereocenters. The van der Waals surface area contributed by atoms with Gasteiger partial charge in [-0.1, -0.05) is 34.1 Å². The minimum atomic E-state index is -0.507. The number of nitrogens with zero attached hydrogens (tertiary/aromatic N) is 2. The summed E-state index contributed by atoms with van der Waals surface area (Å²) in [5, 5.41) is 3.61. The first-order chi connectivity index (χ1) is 13.5. The van der Waals surface area contributed by atoms with Gasteiger partial charge in [0.05, 0.1) is 31.0 Å². The molecule has 2 heterocycles. The van der Waals surface area contributed by atoms with Crippen LogP contribution in [0.15, 0.2) is 53.1 Å². The summed E-state index contributed by atoms with van der Waals surface area (Å²) in [6, 6.07) is 12.5. The molecule has 6 nitrogen and oxygen atoms in total. The van der Waals surface area contributed by atoms with Gasteiger partial charge in [-0.15, -0.1) is 11.3 Å². The summed E-state index contributed by atoms with van der Waals surface area (Å²) in [5.74, 6) is -0.683. The van der Waals surface area contributed by atoms with Crippen molar-refractivity contribution in [3.63, 3.8) is 0 Å². The highest BCUT2D eigenvalue weighted by atomic mass is 79.9. The smallest absolute Gasteiger partial charge is 0.307 e. The molecule has 144 valence electrons. The molecule has 1 aromatic carbocycles. The molecule has 0 aliphatic carbocycles. The zero-order valence-electron chi connectivity index (χ0n) is 15.3. The van der Waals surface area contributed by atoms with Gasteiger partial charge in [-0.25, -0.2) is 4.98 Å². The number of aromatic nitrogens is 2. The van der Waals surface area contributed by atoms with Crippen molar-refractivity contribution in [1.29, 1.82) is 0 Å². The molecule has 0 fully saturated rings. The fourth-order valence-electron chi connectivity index (χ4n) is 2.63. The van der Waals surface area contributed by atoms with E-state index in [-0.39, 0.29) is 12.3 Å². The summed E-state index contributed by atoms with van der Waals surface area (Å²) in [4.78, 5) is 34.0. The Morgan fingerprint density at radius 1 is 1.21 bits per heavy atom. The van der Waals surface area contributed by atoms with Gasteiger partial charge in [-0.2, -0.15) is 0 Å². The van der Waals surface area contributed by atoms with Crippen molar-refractivity contribution >= 4 is 39.1 Å². The van der Waals surface area contributed by atoms with Crippen molar-refractivity contribution in [2.75, 3.05) is 7.11 Å². The predicted octanol–water partition coefficient (Wildman–Crippen LogP) is 4.31. The monoisotopic (exact) mass is 459 g/mol. The number of carbonyl (C=O) groups excluding carboxylic acids is 2. The van der Waals surface area contributed by atoms with Gasteiger partial charge in [0, 0.05) is 10.7 Å². The number of hydrogen-bond acceptors (Lipinski definition) is 6. The molecule has 3 rings (SSSR count). The second kappa shape index (κ2) is 9.07. The number of thiazole rings is 1. The maximum Gasteiger partial charge on any atom is 0.307 e. The molecule has 1 amide bonds. The van der Waals surface area contributed by atoms with E-state index in [1.165, 1.54) is 18.4 Å². The third-order valence-electron chi connectivity index (χ3n) is 4.06. The van der Waals surface area contributed by atoms with E-state index in [2.05, 4.69) is 31.2 Å². The van der Waals surface area contributed by atoms with E-state index in [4.69, 9.17) is 4.74 Å². The highest BCUT2D eigenvalue weighted by molar-refractivity contribution is 9.10. The standard InChI is InChI=1S/C20H18BrN3O3S/c1-12-18(28-20(23-12)15-5-3-4-10-22-15)19(26)24-16(11-17(25)27-2)13-6-8-14(21)9-7-13/h3-10,16H,11H2,1-2H3,(H,24,26). The molecular weight excluding hydrogens is 442 g/mol. The Balaban J connectivity index is 1.84. The van der Waals surface area contributed by atoms with Crippen LogP contribution in [0.2, 0.25) is 0 Å². The van der Waals surface area contributed by atoms with Gasteiger partial charge in [0.15, 0.2) is 0 Å². The van der Waals surface area contributed by atoms with Crippen molar-refractivity contribution < 1.29 is 14.3 Å². The van der Waals surface area contributed by atoms with Crippen molar-refractivity contribution in [1.82, 2.24) is 15.3 Å². The lowest BCUT2D eigenvalue weighted by Gasteiger charge is -2.18. The molecular formula is C20H18BrN3O3S. The second-order valence-electron chi connectivity index (χ2n) is 6.01. The van der Waals surface area contributed by atoms with Crippen LogP contribution in [0.3, 0.4) is 0 Å². The zero-order chi connectivity index (χ0) is 20.1. The first-order valence-corrected chi connectivity index (χ1v) is 10.1. The Bertz CT molecular complexity index is 974. The van der Waals surface area contributed by atoms with Crippen LogP contribution in [0.4, 0.5) is 0 Å². The Labute approximate surface area is 175 Å². The third-order valence-corrected chi connectivity index (χ3v) is 5.77. The summed E-state index contributed by atoms with van der Waals surface area (Å²) in [6.45, 7) is 1.78. The Morgan fingerprint density at radius 2 is 1.96 bits per heavy atom. The summed E-state index contributed by atoms with van der Waals surface area (Å²) < 4.78 is 5.70. The topological polar surface area (TPSA) is 81.2 Å². The van der Waals surface area contributed by atoms with Gasteiger partial charge in [0.1, 0.15) is 9.88 Å². The summed E-state index contributed by atoms with van der Waals surface area (Å²) >= 11 is 4.67. The van der Waals surface area contributed by atoms with Crippen molar-refractivity contribution in [3.8, 4) is 10.7 Å². The molecule has 3 aromatic rings. The molecule has 0 saturated heterocycles. The SMILES string of the molecule is COC(=O)CC(NC(=O)c1sc(-c2ccccn2)nc1C)c1ccc(Br)cc1. The van der Waals surface area contributed by atoms with E-state index in [0.29, 0.717) is 21.3 Å². The first-order valence-electron chi connectivity index (χ1n) is 8.50. The Morgan fingerprint density at radius 3 is 2.61 bits per heavy atom. The van der Waals surface area contributed by atoms with Crippen LogP contribution in [0.1, 0.15) is 33.4 Å². The number of carbonyl (C=O) groups is 2. The van der Waals surface area contributed by atoms with E-state index in [9.17, 15) is 9.59 Å². The lowest BCUT2D eigenvalue weighted by molar-refractivity contribution is -0.141. The van der Waals surface area contributed by atoms with E-state index in [1.807, 2.05) is 42.5 Å². The number of hydrogen-bond donors (Lipinski definition) is 1. The normalized spacial score (nSPS) is 11.7. The molecule has 0 saturated carbocycles. The number of halogens is 1. The summed E-state index contributed by atoms with van der Waals surface area (Å²) in [7, 11) is 1.33. The fourth-order valence-corrected chi connectivity index (χ4v) is 3.84.